The Bertz CT molecular complexity index is 495. The van der Waals surface area contributed by atoms with Crippen molar-refractivity contribution in [3.8, 4) is 0 Å². The molecule has 0 radical (unpaired) electrons. The number of aromatic nitrogens is 2. The van der Waals surface area contributed by atoms with Crippen molar-refractivity contribution in [2.45, 2.75) is 0 Å². The van der Waals surface area contributed by atoms with E-state index in [2.05, 4.69) is 9.98 Å². The molecule has 0 bridgehead atoms. The number of rotatable bonds is 1. The van der Waals surface area contributed by atoms with Gasteiger partial charge in [-0.3, -0.25) is 0 Å². The third-order valence-electron chi connectivity index (χ3n) is 1.88. The van der Waals surface area contributed by atoms with Gasteiger partial charge in [0.25, 0.3) is 0 Å². The van der Waals surface area contributed by atoms with Gasteiger partial charge in [-0.25, -0.2) is 9.78 Å². The second-order valence-electron chi connectivity index (χ2n) is 2.73. The summed E-state index contributed by atoms with van der Waals surface area (Å²) in [6.07, 6.45) is 3.23. The van der Waals surface area contributed by atoms with Crippen molar-refractivity contribution in [3.63, 3.8) is 0 Å². The third-order valence-corrected chi connectivity index (χ3v) is 1.88. The lowest BCUT2D eigenvalue weighted by Crippen LogP contribution is -1.82. The number of nitrogens with zero attached hydrogens (tertiary/aromatic N) is 3. The number of benzene rings is 1. The summed E-state index contributed by atoms with van der Waals surface area (Å²) in [5, 5.41) is 0. The number of isocyanates is 1. The molecule has 1 heterocycles. The molecule has 1 aromatic heterocycles. The molecular formula is C9H7N3O. The van der Waals surface area contributed by atoms with E-state index in [0.717, 1.165) is 11.0 Å². The fourth-order valence-electron chi connectivity index (χ4n) is 1.24. The van der Waals surface area contributed by atoms with Gasteiger partial charge in [0.05, 0.1) is 23.0 Å². The van der Waals surface area contributed by atoms with Gasteiger partial charge in [0, 0.05) is 7.05 Å². The van der Waals surface area contributed by atoms with E-state index in [1.807, 2.05) is 17.7 Å². The van der Waals surface area contributed by atoms with E-state index < -0.39 is 0 Å². The molecule has 64 valence electrons. The van der Waals surface area contributed by atoms with Crippen LogP contribution in [0.3, 0.4) is 0 Å². The minimum absolute atomic E-state index is 0.603. The van der Waals surface area contributed by atoms with Crippen molar-refractivity contribution in [2.75, 3.05) is 0 Å². The van der Waals surface area contributed by atoms with Crippen LogP contribution in [0.5, 0.6) is 0 Å². The van der Waals surface area contributed by atoms with E-state index in [4.69, 9.17) is 0 Å². The van der Waals surface area contributed by atoms with E-state index in [0.29, 0.717) is 5.69 Å². The molecule has 2 aromatic rings. The first-order valence-corrected chi connectivity index (χ1v) is 3.80. The van der Waals surface area contributed by atoms with Crippen LogP contribution in [0, 0.1) is 0 Å². The second-order valence-corrected chi connectivity index (χ2v) is 2.73. The summed E-state index contributed by atoms with van der Waals surface area (Å²) < 4.78 is 1.87. The molecular weight excluding hydrogens is 166 g/mol. The molecule has 0 unspecified atom stereocenters. The van der Waals surface area contributed by atoms with Crippen LogP contribution in [0.15, 0.2) is 29.5 Å². The van der Waals surface area contributed by atoms with Crippen LogP contribution in [-0.4, -0.2) is 15.6 Å². The van der Waals surface area contributed by atoms with Crippen LogP contribution in [0.25, 0.3) is 11.0 Å². The number of hydrogen-bond donors (Lipinski definition) is 0. The van der Waals surface area contributed by atoms with Gasteiger partial charge in [0.2, 0.25) is 6.08 Å². The predicted octanol–water partition coefficient (Wildman–Crippen LogP) is 1.54. The molecule has 0 saturated heterocycles. The van der Waals surface area contributed by atoms with Gasteiger partial charge in [-0.1, -0.05) is 0 Å². The van der Waals surface area contributed by atoms with E-state index in [-0.39, 0.29) is 0 Å². The lowest BCUT2D eigenvalue weighted by molar-refractivity contribution is 0.565. The van der Waals surface area contributed by atoms with Crippen molar-refractivity contribution >= 4 is 22.8 Å². The highest BCUT2D eigenvalue weighted by Gasteiger charge is 1.99. The Kier molecular flexibility index (Phi) is 1.69. The van der Waals surface area contributed by atoms with Gasteiger partial charge in [-0.05, 0) is 18.2 Å². The van der Waals surface area contributed by atoms with Gasteiger partial charge in [-0.15, -0.1) is 0 Å². The van der Waals surface area contributed by atoms with Gasteiger partial charge in [-0.2, -0.15) is 4.99 Å². The van der Waals surface area contributed by atoms with Crippen LogP contribution in [0.2, 0.25) is 0 Å². The highest BCUT2D eigenvalue weighted by atomic mass is 16.1. The molecule has 0 aliphatic carbocycles. The minimum Gasteiger partial charge on any atom is -0.334 e. The smallest absolute Gasteiger partial charge is 0.240 e. The fraction of sp³-hybridized carbons (Fsp3) is 0.111. The maximum Gasteiger partial charge on any atom is 0.240 e. The first-order chi connectivity index (χ1) is 6.31. The number of imidazole rings is 1. The van der Waals surface area contributed by atoms with Crippen LogP contribution in [0.4, 0.5) is 5.69 Å². The molecule has 0 N–H and O–H groups in total. The zero-order valence-corrected chi connectivity index (χ0v) is 7.06. The van der Waals surface area contributed by atoms with Crippen LogP contribution < -0.4 is 0 Å². The fourth-order valence-corrected chi connectivity index (χ4v) is 1.24. The summed E-state index contributed by atoms with van der Waals surface area (Å²) >= 11 is 0. The highest BCUT2D eigenvalue weighted by molar-refractivity contribution is 5.79. The van der Waals surface area contributed by atoms with Crippen LogP contribution in [-0.2, 0) is 11.8 Å². The van der Waals surface area contributed by atoms with Crippen LogP contribution in [0.1, 0.15) is 0 Å². The molecule has 0 atom stereocenters. The van der Waals surface area contributed by atoms with Crippen molar-refractivity contribution in [2.24, 2.45) is 12.0 Å². The zero-order valence-electron chi connectivity index (χ0n) is 7.06. The predicted molar refractivity (Wildman–Crippen MR) is 48.5 cm³/mol. The van der Waals surface area contributed by atoms with Crippen LogP contribution >= 0.6 is 0 Å². The SMILES string of the molecule is Cn1cnc2ccc(N=C=O)cc21. The average molecular weight is 173 g/mol. The van der Waals surface area contributed by atoms with E-state index in [9.17, 15) is 4.79 Å². The topological polar surface area (TPSA) is 47.2 Å². The molecule has 4 heteroatoms. The Balaban J connectivity index is 2.72. The van der Waals surface area contributed by atoms with Gasteiger partial charge >= 0.3 is 0 Å². The quantitative estimate of drug-likeness (QED) is 0.485. The normalized spacial score (nSPS) is 9.92. The molecule has 0 fully saturated rings. The molecule has 0 aliphatic heterocycles. The summed E-state index contributed by atoms with van der Waals surface area (Å²) in [4.78, 5) is 17.7. The second kappa shape index (κ2) is 2.84. The third kappa shape index (κ3) is 1.23. The largest absolute Gasteiger partial charge is 0.334 e. The van der Waals surface area contributed by atoms with Gasteiger partial charge in [0.15, 0.2) is 0 Å². The Morgan fingerprint density at radius 3 is 3.15 bits per heavy atom. The summed E-state index contributed by atoms with van der Waals surface area (Å²) in [6.45, 7) is 0. The standard InChI is InChI=1S/C9H7N3O/c1-12-5-10-8-3-2-7(11-6-13)4-9(8)12/h2-5H,1H3. The number of carbonyl (C=O) groups excluding carboxylic acids is 1. The monoisotopic (exact) mass is 173 g/mol. The summed E-state index contributed by atoms with van der Waals surface area (Å²) in [5.41, 5.74) is 2.45. The van der Waals surface area contributed by atoms with Gasteiger partial charge < -0.3 is 4.57 Å². The number of hydrogen-bond acceptors (Lipinski definition) is 3. The molecule has 4 nitrogen and oxygen atoms in total. The Hall–Kier alpha value is -1.93. The summed E-state index contributed by atoms with van der Waals surface area (Å²) in [6, 6.07) is 5.36. The number of fused-ring (bicyclic) bond motifs is 1. The lowest BCUT2D eigenvalue weighted by Gasteiger charge is -1.94. The molecule has 13 heavy (non-hydrogen) atoms. The molecule has 0 amide bonds. The van der Waals surface area contributed by atoms with E-state index >= 15 is 0 Å². The Morgan fingerprint density at radius 1 is 1.54 bits per heavy atom. The van der Waals surface area contributed by atoms with Gasteiger partial charge in [0.1, 0.15) is 0 Å². The van der Waals surface area contributed by atoms with Crippen molar-refractivity contribution < 1.29 is 4.79 Å². The average Bonchev–Trinajstić information content (AvgIpc) is 2.49. The Morgan fingerprint density at radius 2 is 2.38 bits per heavy atom. The zero-order chi connectivity index (χ0) is 9.26. The van der Waals surface area contributed by atoms with Crippen molar-refractivity contribution in [3.05, 3.63) is 24.5 Å². The number of aliphatic imine (C=N–C) groups is 1. The van der Waals surface area contributed by atoms with E-state index in [1.165, 1.54) is 6.08 Å². The molecule has 2 rings (SSSR count). The number of aryl methyl sites for hydroxylation is 1. The molecule has 0 saturated carbocycles. The Labute approximate surface area is 74.5 Å². The lowest BCUT2D eigenvalue weighted by atomic mass is 10.3. The minimum atomic E-state index is 0.603. The highest BCUT2D eigenvalue weighted by Crippen LogP contribution is 2.18. The van der Waals surface area contributed by atoms with Crippen molar-refractivity contribution in [1.29, 1.82) is 0 Å². The summed E-state index contributed by atoms with van der Waals surface area (Å²) in [7, 11) is 1.89. The van der Waals surface area contributed by atoms with E-state index in [1.54, 1.807) is 18.5 Å². The van der Waals surface area contributed by atoms with Crippen molar-refractivity contribution in [1.82, 2.24) is 9.55 Å². The maximum atomic E-state index is 10.0. The maximum absolute atomic E-state index is 10.0. The molecule has 1 aromatic carbocycles. The molecule has 0 spiro atoms. The first-order valence-electron chi connectivity index (χ1n) is 3.80. The first kappa shape index (κ1) is 7.71. The molecule has 0 aliphatic rings. The summed E-state index contributed by atoms with van der Waals surface area (Å²) in [5.74, 6) is 0.